The van der Waals surface area contributed by atoms with E-state index in [9.17, 15) is 13.6 Å². The quantitative estimate of drug-likeness (QED) is 0.671. The van der Waals surface area contributed by atoms with E-state index in [1.807, 2.05) is 4.90 Å². The Morgan fingerprint density at radius 3 is 2.50 bits per heavy atom. The highest BCUT2D eigenvalue weighted by atomic mass is 35.5. The van der Waals surface area contributed by atoms with Crippen LogP contribution in [0.25, 0.3) is 5.69 Å². The number of anilines is 2. The second-order valence-electron chi connectivity index (χ2n) is 6.86. The Hall–Kier alpha value is -2.97. The molecule has 1 aromatic heterocycles. The summed E-state index contributed by atoms with van der Waals surface area (Å²) in [6.45, 7) is 3.96. The van der Waals surface area contributed by atoms with E-state index in [-0.39, 0.29) is 16.5 Å². The number of nitrogens with one attached hydrogen (secondary N) is 1. The van der Waals surface area contributed by atoms with Gasteiger partial charge in [0, 0.05) is 18.8 Å². The van der Waals surface area contributed by atoms with Crippen molar-refractivity contribution in [3.8, 4) is 5.69 Å². The zero-order valence-electron chi connectivity index (χ0n) is 16.2. The summed E-state index contributed by atoms with van der Waals surface area (Å²) in [6, 6.07) is 10.1. The lowest BCUT2D eigenvalue weighted by Crippen LogP contribution is -2.36. The van der Waals surface area contributed by atoms with Crippen molar-refractivity contribution < 1.29 is 18.3 Å². The van der Waals surface area contributed by atoms with Gasteiger partial charge in [-0.1, -0.05) is 11.6 Å². The van der Waals surface area contributed by atoms with Crippen molar-refractivity contribution in [1.82, 2.24) is 9.78 Å². The Kier molecular flexibility index (Phi) is 5.69. The van der Waals surface area contributed by atoms with E-state index < -0.39 is 11.7 Å². The molecule has 1 aliphatic heterocycles. The van der Waals surface area contributed by atoms with E-state index in [0.29, 0.717) is 49.1 Å². The maximum atomic E-state index is 14.6. The number of nitrogens with zero attached hydrogens (tertiary/aromatic N) is 3. The van der Waals surface area contributed by atoms with Crippen LogP contribution in [0.15, 0.2) is 42.5 Å². The van der Waals surface area contributed by atoms with Gasteiger partial charge in [0.1, 0.15) is 22.4 Å². The standard InChI is InChI=1S/C21H19ClF2N4O2/c1-13-19(20(22)28(26-13)16-5-2-14(23)3-6-16)21(29)25-15-4-7-18(17(24)12-15)27-8-10-30-11-9-27/h2-7,12H,8-11H2,1H3,(H,25,29). The van der Waals surface area contributed by atoms with Gasteiger partial charge in [-0.2, -0.15) is 5.10 Å². The molecule has 2 heterocycles. The molecular weight excluding hydrogens is 414 g/mol. The predicted molar refractivity (Wildman–Crippen MR) is 111 cm³/mol. The molecular formula is C21H19ClF2N4O2. The molecule has 0 aliphatic carbocycles. The minimum absolute atomic E-state index is 0.0852. The van der Waals surface area contributed by atoms with E-state index in [1.165, 1.54) is 35.0 Å². The number of carbonyl (C=O) groups is 1. The number of carbonyl (C=O) groups excluding carboxylic acids is 1. The van der Waals surface area contributed by atoms with E-state index in [4.69, 9.17) is 16.3 Å². The largest absolute Gasteiger partial charge is 0.378 e. The second-order valence-corrected chi connectivity index (χ2v) is 7.22. The van der Waals surface area contributed by atoms with Crippen LogP contribution in [0.5, 0.6) is 0 Å². The zero-order chi connectivity index (χ0) is 21.3. The van der Waals surface area contributed by atoms with Gasteiger partial charge in [-0.3, -0.25) is 4.79 Å². The van der Waals surface area contributed by atoms with Crippen molar-refractivity contribution in [1.29, 1.82) is 0 Å². The van der Waals surface area contributed by atoms with Crippen molar-refractivity contribution in [2.24, 2.45) is 0 Å². The van der Waals surface area contributed by atoms with Crippen LogP contribution in [0.1, 0.15) is 16.1 Å². The molecule has 1 fully saturated rings. The molecule has 0 saturated carbocycles. The number of hydrogen-bond acceptors (Lipinski definition) is 4. The molecule has 1 saturated heterocycles. The summed E-state index contributed by atoms with van der Waals surface area (Å²) < 4.78 is 34.4. The number of morpholine rings is 1. The van der Waals surface area contributed by atoms with E-state index in [0.717, 1.165) is 0 Å². The molecule has 1 aliphatic rings. The Bertz CT molecular complexity index is 1080. The highest BCUT2D eigenvalue weighted by Gasteiger charge is 2.22. The number of aromatic nitrogens is 2. The fourth-order valence-corrected chi connectivity index (χ4v) is 3.71. The maximum Gasteiger partial charge on any atom is 0.260 e. The van der Waals surface area contributed by atoms with Crippen molar-refractivity contribution in [3.05, 3.63) is 70.5 Å². The van der Waals surface area contributed by atoms with Crippen LogP contribution < -0.4 is 10.2 Å². The molecule has 0 atom stereocenters. The number of halogens is 3. The summed E-state index contributed by atoms with van der Waals surface area (Å²) in [5, 5.41) is 7.02. The number of ether oxygens (including phenoxy) is 1. The smallest absolute Gasteiger partial charge is 0.260 e. The van der Waals surface area contributed by atoms with E-state index in [1.54, 1.807) is 19.1 Å². The molecule has 156 valence electrons. The van der Waals surface area contributed by atoms with Crippen molar-refractivity contribution in [3.63, 3.8) is 0 Å². The number of rotatable bonds is 4. The van der Waals surface area contributed by atoms with Crippen LogP contribution >= 0.6 is 11.6 Å². The molecule has 0 radical (unpaired) electrons. The number of amides is 1. The fourth-order valence-electron chi connectivity index (χ4n) is 3.35. The van der Waals surface area contributed by atoms with Crippen molar-refractivity contribution in [2.45, 2.75) is 6.92 Å². The molecule has 6 nitrogen and oxygen atoms in total. The van der Waals surface area contributed by atoms with Crippen LogP contribution in [-0.4, -0.2) is 42.0 Å². The predicted octanol–water partition coefficient (Wildman–Crippen LogP) is 4.20. The lowest BCUT2D eigenvalue weighted by molar-refractivity contribution is 0.102. The zero-order valence-corrected chi connectivity index (χ0v) is 16.9. The number of hydrogen-bond donors (Lipinski definition) is 1. The highest BCUT2D eigenvalue weighted by molar-refractivity contribution is 6.34. The minimum Gasteiger partial charge on any atom is -0.378 e. The minimum atomic E-state index is -0.510. The van der Waals surface area contributed by atoms with Gasteiger partial charge < -0.3 is 15.0 Å². The van der Waals surface area contributed by atoms with Gasteiger partial charge in [-0.15, -0.1) is 0 Å². The summed E-state index contributed by atoms with van der Waals surface area (Å²) >= 11 is 6.38. The summed E-state index contributed by atoms with van der Waals surface area (Å²) in [4.78, 5) is 14.7. The molecule has 3 aromatic rings. The normalized spacial score (nSPS) is 14.1. The van der Waals surface area contributed by atoms with Gasteiger partial charge in [0.25, 0.3) is 5.91 Å². The first-order valence-electron chi connectivity index (χ1n) is 9.38. The summed E-state index contributed by atoms with van der Waals surface area (Å²) in [6.07, 6.45) is 0. The molecule has 1 N–H and O–H groups in total. The molecule has 0 spiro atoms. The first-order chi connectivity index (χ1) is 14.4. The first-order valence-corrected chi connectivity index (χ1v) is 9.76. The van der Waals surface area contributed by atoms with Gasteiger partial charge in [0.15, 0.2) is 0 Å². The summed E-state index contributed by atoms with van der Waals surface area (Å²) in [7, 11) is 0. The maximum absolute atomic E-state index is 14.6. The fraction of sp³-hybridized carbons (Fsp3) is 0.238. The van der Waals surface area contributed by atoms with E-state index in [2.05, 4.69) is 10.4 Å². The number of aryl methyl sites for hydroxylation is 1. The number of benzene rings is 2. The van der Waals surface area contributed by atoms with Crippen LogP contribution in [-0.2, 0) is 4.74 Å². The topological polar surface area (TPSA) is 59.4 Å². The molecule has 9 heteroatoms. The molecule has 4 rings (SSSR count). The van der Waals surface area contributed by atoms with Crippen LogP contribution in [0.2, 0.25) is 5.15 Å². The molecule has 0 bridgehead atoms. The van der Waals surface area contributed by atoms with Gasteiger partial charge in [0.05, 0.1) is 30.3 Å². The molecule has 0 unspecified atom stereocenters. The van der Waals surface area contributed by atoms with Crippen LogP contribution in [0, 0.1) is 18.6 Å². The Balaban J connectivity index is 1.55. The lowest BCUT2D eigenvalue weighted by Gasteiger charge is -2.29. The first kappa shape index (κ1) is 20.3. The average Bonchev–Trinajstić information content (AvgIpc) is 3.03. The van der Waals surface area contributed by atoms with Gasteiger partial charge >= 0.3 is 0 Å². The lowest BCUT2D eigenvalue weighted by atomic mass is 10.2. The van der Waals surface area contributed by atoms with Gasteiger partial charge in [0.2, 0.25) is 0 Å². The third-order valence-corrected chi connectivity index (χ3v) is 5.21. The third-order valence-electron chi connectivity index (χ3n) is 4.86. The van der Waals surface area contributed by atoms with Crippen LogP contribution in [0.3, 0.4) is 0 Å². The summed E-state index contributed by atoms with van der Waals surface area (Å²) in [5.74, 6) is -1.33. The van der Waals surface area contributed by atoms with E-state index >= 15 is 0 Å². The second kappa shape index (κ2) is 8.41. The third kappa shape index (κ3) is 4.01. The van der Waals surface area contributed by atoms with Gasteiger partial charge in [-0.05, 0) is 49.4 Å². The van der Waals surface area contributed by atoms with Crippen molar-refractivity contribution >= 4 is 28.9 Å². The average molecular weight is 433 g/mol. The monoisotopic (exact) mass is 432 g/mol. The molecule has 30 heavy (non-hydrogen) atoms. The van der Waals surface area contributed by atoms with Gasteiger partial charge in [-0.25, -0.2) is 13.5 Å². The molecule has 2 aromatic carbocycles. The summed E-state index contributed by atoms with van der Waals surface area (Å²) in [5.41, 5.74) is 1.85. The highest BCUT2D eigenvalue weighted by Crippen LogP contribution is 2.27. The molecule has 1 amide bonds. The Labute approximate surface area is 177 Å². The SMILES string of the molecule is Cc1nn(-c2ccc(F)cc2)c(Cl)c1C(=O)Nc1ccc(N2CCOCC2)c(F)c1. The Morgan fingerprint density at radius 1 is 1.13 bits per heavy atom. The Morgan fingerprint density at radius 2 is 1.83 bits per heavy atom. The van der Waals surface area contributed by atoms with Crippen molar-refractivity contribution in [2.75, 3.05) is 36.5 Å². The van der Waals surface area contributed by atoms with Crippen LogP contribution in [0.4, 0.5) is 20.2 Å².